The van der Waals surface area contributed by atoms with Crippen LogP contribution < -0.4 is 10.6 Å². The Morgan fingerprint density at radius 3 is 2.50 bits per heavy atom. The van der Waals surface area contributed by atoms with Crippen LogP contribution >= 0.6 is 11.6 Å². The zero-order valence-corrected chi connectivity index (χ0v) is 11.5. The van der Waals surface area contributed by atoms with Crippen molar-refractivity contribution in [3.63, 3.8) is 0 Å². The molecular weight excluding hydrogens is 252 g/mol. The van der Waals surface area contributed by atoms with Gasteiger partial charge in [-0.05, 0) is 39.0 Å². The molecule has 0 heterocycles. The maximum atomic E-state index is 11.9. The summed E-state index contributed by atoms with van der Waals surface area (Å²) in [5, 5.41) is 5.45. The molecule has 0 aliphatic carbocycles. The highest BCUT2D eigenvalue weighted by Crippen LogP contribution is 2.12. The van der Waals surface area contributed by atoms with Gasteiger partial charge in [-0.1, -0.05) is 6.07 Å². The molecule has 0 radical (unpaired) electrons. The van der Waals surface area contributed by atoms with Crippen molar-refractivity contribution in [2.24, 2.45) is 0 Å². The molecule has 0 saturated carbocycles. The van der Waals surface area contributed by atoms with E-state index in [1.807, 2.05) is 20.8 Å². The standard InChI is InChI=1S/C13H17ClN2O2/c1-13(2,3)16-12(18)9-5-4-6-10(7-9)15-11(17)8-14/h4-7H,8H2,1-3H3,(H,15,17)(H,16,18). The number of alkyl halides is 1. The number of amides is 2. The molecular formula is C13H17ClN2O2. The number of nitrogens with one attached hydrogen (secondary N) is 2. The Labute approximate surface area is 112 Å². The van der Waals surface area contributed by atoms with Gasteiger partial charge in [-0.25, -0.2) is 0 Å². The molecule has 0 unspecified atom stereocenters. The van der Waals surface area contributed by atoms with Crippen LogP contribution in [0.3, 0.4) is 0 Å². The fourth-order valence-electron chi connectivity index (χ4n) is 1.35. The number of hydrogen-bond donors (Lipinski definition) is 2. The van der Waals surface area contributed by atoms with E-state index in [0.29, 0.717) is 11.3 Å². The van der Waals surface area contributed by atoms with Crippen molar-refractivity contribution >= 4 is 29.1 Å². The summed E-state index contributed by atoms with van der Waals surface area (Å²) in [6.07, 6.45) is 0. The number of benzene rings is 1. The van der Waals surface area contributed by atoms with Crippen LogP contribution in [-0.4, -0.2) is 23.2 Å². The number of rotatable bonds is 3. The topological polar surface area (TPSA) is 58.2 Å². The highest BCUT2D eigenvalue weighted by molar-refractivity contribution is 6.29. The van der Waals surface area contributed by atoms with Crippen LogP contribution in [0.1, 0.15) is 31.1 Å². The second-order valence-electron chi connectivity index (χ2n) is 4.97. The molecule has 0 bridgehead atoms. The van der Waals surface area contributed by atoms with Crippen molar-refractivity contribution in [3.05, 3.63) is 29.8 Å². The Bertz CT molecular complexity index is 453. The number of carbonyl (C=O) groups is 2. The van der Waals surface area contributed by atoms with E-state index in [4.69, 9.17) is 11.6 Å². The van der Waals surface area contributed by atoms with E-state index in [1.54, 1.807) is 24.3 Å². The number of halogens is 1. The summed E-state index contributed by atoms with van der Waals surface area (Å²) >= 11 is 5.40. The van der Waals surface area contributed by atoms with E-state index in [0.717, 1.165) is 0 Å². The van der Waals surface area contributed by atoms with E-state index in [9.17, 15) is 9.59 Å². The summed E-state index contributed by atoms with van der Waals surface area (Å²) < 4.78 is 0. The summed E-state index contributed by atoms with van der Waals surface area (Å²) in [5.74, 6) is -0.590. The molecule has 2 amide bonds. The van der Waals surface area contributed by atoms with Gasteiger partial charge in [0.1, 0.15) is 5.88 Å². The molecule has 1 aromatic rings. The summed E-state index contributed by atoms with van der Waals surface area (Å²) in [6, 6.07) is 6.72. The largest absolute Gasteiger partial charge is 0.347 e. The fraction of sp³-hybridized carbons (Fsp3) is 0.385. The summed E-state index contributed by atoms with van der Waals surface area (Å²) in [4.78, 5) is 23.1. The van der Waals surface area contributed by atoms with Gasteiger partial charge >= 0.3 is 0 Å². The van der Waals surface area contributed by atoms with E-state index in [1.165, 1.54) is 0 Å². The molecule has 5 heteroatoms. The normalized spacial score (nSPS) is 10.9. The predicted molar refractivity (Wildman–Crippen MR) is 73.0 cm³/mol. The van der Waals surface area contributed by atoms with Gasteiger partial charge in [-0.15, -0.1) is 11.6 Å². The molecule has 0 aliphatic rings. The highest BCUT2D eigenvalue weighted by atomic mass is 35.5. The first-order valence-electron chi connectivity index (χ1n) is 5.60. The van der Waals surface area contributed by atoms with Gasteiger partial charge in [-0.3, -0.25) is 9.59 Å². The Balaban J connectivity index is 2.82. The average Bonchev–Trinajstić information content (AvgIpc) is 2.27. The molecule has 1 aromatic carbocycles. The molecule has 1 rings (SSSR count). The van der Waals surface area contributed by atoms with Gasteiger partial charge in [0, 0.05) is 16.8 Å². The maximum Gasteiger partial charge on any atom is 0.251 e. The predicted octanol–water partition coefficient (Wildman–Crippen LogP) is 2.39. The lowest BCUT2D eigenvalue weighted by molar-refractivity contribution is -0.113. The van der Waals surface area contributed by atoms with Crippen LogP contribution in [0.4, 0.5) is 5.69 Å². The second kappa shape index (κ2) is 5.87. The Morgan fingerprint density at radius 1 is 1.28 bits per heavy atom. The van der Waals surface area contributed by atoms with Crippen molar-refractivity contribution in [1.29, 1.82) is 0 Å². The second-order valence-corrected chi connectivity index (χ2v) is 5.23. The van der Waals surface area contributed by atoms with Crippen molar-refractivity contribution in [2.75, 3.05) is 11.2 Å². The lowest BCUT2D eigenvalue weighted by Gasteiger charge is -2.20. The lowest BCUT2D eigenvalue weighted by Crippen LogP contribution is -2.40. The third kappa shape index (κ3) is 4.75. The number of anilines is 1. The van der Waals surface area contributed by atoms with Crippen LogP contribution in [-0.2, 0) is 4.79 Å². The maximum absolute atomic E-state index is 11.9. The minimum atomic E-state index is -0.301. The Morgan fingerprint density at radius 2 is 1.94 bits per heavy atom. The summed E-state index contributed by atoms with van der Waals surface area (Å²) in [5.41, 5.74) is 0.756. The molecule has 0 saturated heterocycles. The molecule has 98 valence electrons. The Hall–Kier alpha value is -1.55. The van der Waals surface area contributed by atoms with Gasteiger partial charge in [0.2, 0.25) is 5.91 Å². The molecule has 2 N–H and O–H groups in total. The first kappa shape index (κ1) is 14.5. The molecule has 4 nitrogen and oxygen atoms in total. The first-order valence-corrected chi connectivity index (χ1v) is 6.13. The SMILES string of the molecule is CC(C)(C)NC(=O)c1cccc(NC(=O)CCl)c1. The van der Waals surface area contributed by atoms with Crippen LogP contribution in [0.15, 0.2) is 24.3 Å². The minimum absolute atomic E-state index is 0.113. The summed E-state index contributed by atoms with van der Waals surface area (Å²) in [6.45, 7) is 5.72. The van der Waals surface area contributed by atoms with Crippen molar-refractivity contribution in [1.82, 2.24) is 5.32 Å². The average molecular weight is 269 g/mol. The quantitative estimate of drug-likeness (QED) is 0.827. The van der Waals surface area contributed by atoms with Crippen LogP contribution in [0, 0.1) is 0 Å². The molecule has 18 heavy (non-hydrogen) atoms. The van der Waals surface area contributed by atoms with E-state index in [-0.39, 0.29) is 23.2 Å². The third-order valence-electron chi connectivity index (χ3n) is 2.02. The lowest BCUT2D eigenvalue weighted by atomic mass is 10.1. The molecule has 0 atom stereocenters. The van der Waals surface area contributed by atoms with Gasteiger partial charge in [0.15, 0.2) is 0 Å². The molecule has 0 spiro atoms. The first-order chi connectivity index (χ1) is 8.31. The third-order valence-corrected chi connectivity index (χ3v) is 2.26. The van der Waals surface area contributed by atoms with Gasteiger partial charge in [0.05, 0.1) is 0 Å². The zero-order chi connectivity index (χ0) is 13.8. The zero-order valence-electron chi connectivity index (χ0n) is 10.7. The van der Waals surface area contributed by atoms with Crippen LogP contribution in [0.5, 0.6) is 0 Å². The van der Waals surface area contributed by atoms with E-state index in [2.05, 4.69) is 10.6 Å². The smallest absolute Gasteiger partial charge is 0.251 e. The van der Waals surface area contributed by atoms with Crippen LogP contribution in [0.2, 0.25) is 0 Å². The number of hydrogen-bond acceptors (Lipinski definition) is 2. The van der Waals surface area contributed by atoms with Crippen molar-refractivity contribution in [3.8, 4) is 0 Å². The molecule has 0 fully saturated rings. The van der Waals surface area contributed by atoms with Crippen LogP contribution in [0.25, 0.3) is 0 Å². The monoisotopic (exact) mass is 268 g/mol. The van der Waals surface area contributed by atoms with Crippen molar-refractivity contribution in [2.45, 2.75) is 26.3 Å². The van der Waals surface area contributed by atoms with Gasteiger partial charge in [-0.2, -0.15) is 0 Å². The minimum Gasteiger partial charge on any atom is -0.347 e. The molecule has 0 aliphatic heterocycles. The molecule has 0 aromatic heterocycles. The van der Waals surface area contributed by atoms with Crippen molar-refractivity contribution < 1.29 is 9.59 Å². The highest BCUT2D eigenvalue weighted by Gasteiger charge is 2.15. The summed E-state index contributed by atoms with van der Waals surface area (Å²) in [7, 11) is 0. The van der Waals surface area contributed by atoms with E-state index >= 15 is 0 Å². The van der Waals surface area contributed by atoms with Gasteiger partial charge in [0.25, 0.3) is 5.91 Å². The fourth-order valence-corrected chi connectivity index (χ4v) is 1.41. The van der Waals surface area contributed by atoms with E-state index < -0.39 is 0 Å². The Kier molecular flexibility index (Phi) is 4.73. The van der Waals surface area contributed by atoms with Gasteiger partial charge < -0.3 is 10.6 Å². The number of carbonyl (C=O) groups excluding carboxylic acids is 2.